The van der Waals surface area contributed by atoms with Gasteiger partial charge in [0.25, 0.3) is 0 Å². The van der Waals surface area contributed by atoms with Gasteiger partial charge in [-0.05, 0) is 35.2 Å². The molecule has 0 aliphatic rings. The Kier molecular flexibility index (Phi) is 2.76. The van der Waals surface area contributed by atoms with Crippen molar-refractivity contribution in [3.8, 4) is 0 Å². The van der Waals surface area contributed by atoms with Crippen LogP contribution in [0.15, 0.2) is 53.4 Å². The van der Waals surface area contributed by atoms with Crippen molar-refractivity contribution in [3.63, 3.8) is 0 Å². The first-order chi connectivity index (χ1) is 8.42. The summed E-state index contributed by atoms with van der Waals surface area (Å²) in [5.74, 6) is 0. The van der Waals surface area contributed by atoms with Crippen LogP contribution in [0.25, 0.3) is 10.9 Å². The van der Waals surface area contributed by atoms with E-state index in [-0.39, 0.29) is 0 Å². The number of thiophene rings is 1. The van der Waals surface area contributed by atoms with Gasteiger partial charge in [-0.2, -0.15) is 11.3 Å². The highest BCUT2D eigenvalue weighted by atomic mass is 32.1. The third-order valence-corrected chi connectivity index (χ3v) is 3.37. The van der Waals surface area contributed by atoms with Gasteiger partial charge in [-0.1, -0.05) is 12.1 Å². The summed E-state index contributed by atoms with van der Waals surface area (Å²) in [4.78, 5) is 4.31. The minimum absolute atomic E-state index is 0.849. The van der Waals surface area contributed by atoms with Gasteiger partial charge in [0.1, 0.15) is 0 Å². The van der Waals surface area contributed by atoms with Crippen molar-refractivity contribution in [1.82, 2.24) is 4.98 Å². The highest BCUT2D eigenvalue weighted by Gasteiger charge is 1.97. The minimum Gasteiger partial charge on any atom is -0.380 e. The lowest BCUT2D eigenvalue weighted by molar-refractivity contribution is 1.16. The lowest BCUT2D eigenvalue weighted by atomic mass is 10.1. The van der Waals surface area contributed by atoms with E-state index >= 15 is 0 Å². The van der Waals surface area contributed by atoms with Gasteiger partial charge in [0.05, 0.1) is 5.52 Å². The number of nitrogens with zero attached hydrogens (tertiary/aromatic N) is 1. The summed E-state index contributed by atoms with van der Waals surface area (Å²) in [6, 6.07) is 12.5. The zero-order valence-electron chi connectivity index (χ0n) is 9.26. The molecule has 17 heavy (non-hydrogen) atoms. The van der Waals surface area contributed by atoms with Crippen molar-refractivity contribution in [2.24, 2.45) is 0 Å². The average molecular weight is 240 g/mol. The number of hydrogen-bond donors (Lipinski definition) is 1. The van der Waals surface area contributed by atoms with Crippen LogP contribution in [0.4, 0.5) is 5.69 Å². The molecule has 0 bridgehead atoms. The number of rotatable bonds is 3. The summed E-state index contributed by atoms with van der Waals surface area (Å²) < 4.78 is 0. The van der Waals surface area contributed by atoms with E-state index in [1.54, 1.807) is 11.3 Å². The quantitative estimate of drug-likeness (QED) is 0.750. The number of fused-ring (bicyclic) bond motifs is 1. The van der Waals surface area contributed by atoms with Crippen LogP contribution in [0.5, 0.6) is 0 Å². The standard InChI is InChI=1S/C14H12N2S/c1-2-12-8-11(3-4-14(12)15-6-1)9-16-13-5-7-17-10-13/h1-8,10,16H,9H2. The van der Waals surface area contributed by atoms with Gasteiger partial charge in [-0.15, -0.1) is 0 Å². The van der Waals surface area contributed by atoms with Crippen LogP contribution in [0.2, 0.25) is 0 Å². The fourth-order valence-electron chi connectivity index (χ4n) is 1.80. The second-order valence-electron chi connectivity index (χ2n) is 3.90. The molecule has 2 aromatic heterocycles. The molecular formula is C14H12N2S. The number of aromatic nitrogens is 1. The van der Waals surface area contributed by atoms with Crippen molar-refractivity contribution >= 4 is 27.9 Å². The molecule has 0 aliphatic heterocycles. The summed E-state index contributed by atoms with van der Waals surface area (Å²) in [5, 5.41) is 8.78. The third-order valence-electron chi connectivity index (χ3n) is 2.69. The van der Waals surface area contributed by atoms with Gasteiger partial charge in [-0.3, -0.25) is 4.98 Å². The second-order valence-corrected chi connectivity index (χ2v) is 4.68. The van der Waals surface area contributed by atoms with Crippen LogP contribution >= 0.6 is 11.3 Å². The summed E-state index contributed by atoms with van der Waals surface area (Å²) in [6.45, 7) is 0.849. The van der Waals surface area contributed by atoms with E-state index in [1.165, 1.54) is 16.6 Å². The molecule has 3 aromatic rings. The van der Waals surface area contributed by atoms with Crippen molar-refractivity contribution in [2.75, 3.05) is 5.32 Å². The molecule has 0 fully saturated rings. The van der Waals surface area contributed by atoms with E-state index in [2.05, 4.69) is 51.4 Å². The van der Waals surface area contributed by atoms with E-state index in [0.29, 0.717) is 0 Å². The first kappa shape index (κ1) is 10.3. The first-order valence-corrected chi connectivity index (χ1v) is 6.46. The topological polar surface area (TPSA) is 24.9 Å². The SMILES string of the molecule is c1cnc2ccc(CNc3ccsc3)cc2c1. The van der Waals surface area contributed by atoms with Crippen molar-refractivity contribution in [3.05, 3.63) is 58.9 Å². The van der Waals surface area contributed by atoms with Gasteiger partial charge in [0, 0.05) is 29.2 Å². The van der Waals surface area contributed by atoms with Crippen LogP contribution in [0.3, 0.4) is 0 Å². The fraction of sp³-hybridized carbons (Fsp3) is 0.0714. The maximum Gasteiger partial charge on any atom is 0.0702 e. The van der Waals surface area contributed by atoms with Gasteiger partial charge >= 0.3 is 0 Å². The van der Waals surface area contributed by atoms with Gasteiger partial charge in [0.15, 0.2) is 0 Å². The van der Waals surface area contributed by atoms with Crippen molar-refractivity contribution in [1.29, 1.82) is 0 Å². The summed E-state index contributed by atoms with van der Waals surface area (Å²) in [6.07, 6.45) is 1.83. The molecule has 0 saturated heterocycles. The van der Waals surface area contributed by atoms with E-state index in [1.807, 2.05) is 12.3 Å². The van der Waals surface area contributed by atoms with Crippen LogP contribution in [-0.4, -0.2) is 4.98 Å². The molecule has 0 saturated carbocycles. The Morgan fingerprint density at radius 2 is 2.18 bits per heavy atom. The molecule has 0 radical (unpaired) electrons. The molecular weight excluding hydrogens is 228 g/mol. The van der Waals surface area contributed by atoms with E-state index in [4.69, 9.17) is 0 Å². The zero-order valence-corrected chi connectivity index (χ0v) is 10.1. The number of anilines is 1. The average Bonchev–Trinajstić information content (AvgIpc) is 2.89. The zero-order chi connectivity index (χ0) is 11.5. The van der Waals surface area contributed by atoms with Crippen LogP contribution in [-0.2, 0) is 6.54 Å². The molecule has 1 N–H and O–H groups in total. The maximum atomic E-state index is 4.31. The predicted molar refractivity (Wildman–Crippen MR) is 73.4 cm³/mol. The van der Waals surface area contributed by atoms with E-state index < -0.39 is 0 Å². The lowest BCUT2D eigenvalue weighted by Gasteiger charge is -2.05. The van der Waals surface area contributed by atoms with Gasteiger partial charge in [0.2, 0.25) is 0 Å². The molecule has 0 amide bonds. The molecule has 0 spiro atoms. The van der Waals surface area contributed by atoms with Gasteiger partial charge < -0.3 is 5.32 Å². The molecule has 0 unspecified atom stereocenters. The molecule has 0 atom stereocenters. The van der Waals surface area contributed by atoms with Crippen molar-refractivity contribution < 1.29 is 0 Å². The Balaban J connectivity index is 1.81. The van der Waals surface area contributed by atoms with E-state index in [0.717, 1.165) is 12.1 Å². The third kappa shape index (κ3) is 2.29. The summed E-state index contributed by atoms with van der Waals surface area (Å²) in [5.41, 5.74) is 3.50. The van der Waals surface area contributed by atoms with Crippen LogP contribution in [0.1, 0.15) is 5.56 Å². The summed E-state index contributed by atoms with van der Waals surface area (Å²) >= 11 is 1.70. The predicted octanol–water partition coefficient (Wildman–Crippen LogP) is 3.91. The normalized spacial score (nSPS) is 10.6. The van der Waals surface area contributed by atoms with E-state index in [9.17, 15) is 0 Å². The smallest absolute Gasteiger partial charge is 0.0702 e. The molecule has 84 valence electrons. The molecule has 1 aromatic carbocycles. The van der Waals surface area contributed by atoms with Crippen molar-refractivity contribution in [2.45, 2.75) is 6.54 Å². The highest BCUT2D eigenvalue weighted by Crippen LogP contribution is 2.16. The summed E-state index contributed by atoms with van der Waals surface area (Å²) in [7, 11) is 0. The number of pyridine rings is 1. The maximum absolute atomic E-state index is 4.31. The minimum atomic E-state index is 0.849. The molecule has 3 rings (SSSR count). The van der Waals surface area contributed by atoms with Crippen LogP contribution < -0.4 is 5.32 Å². The monoisotopic (exact) mass is 240 g/mol. The molecule has 3 heteroatoms. The Labute approximate surface area is 104 Å². The first-order valence-electron chi connectivity index (χ1n) is 5.51. The Morgan fingerprint density at radius 3 is 3.06 bits per heavy atom. The Morgan fingerprint density at radius 1 is 1.18 bits per heavy atom. The van der Waals surface area contributed by atoms with Crippen LogP contribution in [0, 0.1) is 0 Å². The Hall–Kier alpha value is -1.87. The lowest BCUT2D eigenvalue weighted by Crippen LogP contribution is -1.97. The van der Waals surface area contributed by atoms with Gasteiger partial charge in [-0.25, -0.2) is 0 Å². The number of hydrogen-bond acceptors (Lipinski definition) is 3. The fourth-order valence-corrected chi connectivity index (χ4v) is 2.42. The Bertz CT molecular complexity index is 617. The molecule has 2 nitrogen and oxygen atoms in total. The second kappa shape index (κ2) is 4.55. The highest BCUT2D eigenvalue weighted by molar-refractivity contribution is 7.08. The molecule has 2 heterocycles. The number of benzene rings is 1. The number of nitrogens with one attached hydrogen (secondary N) is 1. The largest absolute Gasteiger partial charge is 0.380 e. The molecule has 0 aliphatic carbocycles.